The largest absolute Gasteiger partial charge is 1.00 e. The molecule has 0 aliphatic heterocycles. The number of carbonyl (C=O) groups is 3. The second-order valence-electron chi connectivity index (χ2n) is 27.2. The first kappa shape index (κ1) is 109. The van der Waals surface area contributed by atoms with Gasteiger partial charge in [-0.15, -0.1) is 10.2 Å². The molecule has 644 valence electrons. The summed E-state index contributed by atoms with van der Waals surface area (Å²) in [6.07, 6.45) is 2.10. The van der Waals surface area contributed by atoms with Crippen LogP contribution in [0.15, 0.2) is 283 Å². The Hall–Kier alpha value is -9.89. The third-order valence-electron chi connectivity index (χ3n) is 18.7. The molecular weight excluding hydrogens is 1850 g/mol. The smallest absolute Gasteiger partial charge is 0.872 e. The van der Waals surface area contributed by atoms with Gasteiger partial charge in [0.05, 0.1) is 78.5 Å². The Bertz CT molecular complexity index is 7580. The first-order valence-electron chi connectivity index (χ1n) is 35.9. The van der Waals surface area contributed by atoms with Crippen molar-refractivity contribution in [3.63, 3.8) is 0 Å². The van der Waals surface area contributed by atoms with Crippen LogP contribution in [0.4, 0.5) is 68.2 Å². The van der Waals surface area contributed by atoms with Crippen LogP contribution >= 0.6 is 0 Å². The number of hydrogen-bond donors (Lipinski definition) is 8. The van der Waals surface area contributed by atoms with Gasteiger partial charge in [0.2, 0.25) is 11.6 Å². The molecule has 12 aromatic rings. The SMILES string of the molecule is COc1cc(N=Nc2cc(S(=O)(=O)O)cc3cc(S(=O)(=O)O)cc([O-])c23)c(C)cc1N/N=C1/C(=O)c2ccc(Nc3ccc(NC(=O)c4ccccc4)cc3)cc2C=C1S(=O)(=O)O.COc1cc(N=Nc2cc(S(=O)(=O)[O-])cc3cc(S(=O)(=O)[O-])cc([O-])c23)c(C)cc1N/N=C1/C(=O)c2ccc(Nc3ccc(N=C([O-])c4ccccc4)cc3)cc2C=C1S(=O)(=O)[O-].[Li+].[Li+].[Li+].[Na+].[Na+].[Na+]. The summed E-state index contributed by atoms with van der Waals surface area (Å²) in [7, 11) is -27.9. The fraction of sp³-hybridized carbons (Fsp3) is 0.0488. The molecule has 0 saturated heterocycles. The summed E-state index contributed by atoms with van der Waals surface area (Å²) in [6.45, 7) is 3.07. The quantitative estimate of drug-likeness (QED) is 0.00698. The van der Waals surface area contributed by atoms with E-state index in [0.717, 1.165) is 48.6 Å². The van der Waals surface area contributed by atoms with Gasteiger partial charge in [0.1, 0.15) is 52.5 Å². The maximum absolute atomic E-state index is 13.7. The van der Waals surface area contributed by atoms with E-state index in [4.69, 9.17) is 9.47 Å². The molecule has 8 N–H and O–H groups in total. The average molecular weight is 1910 g/mol. The number of carbonyl (C=O) groups excluding carboxylic acids is 3. The zero-order chi connectivity index (χ0) is 90.9. The molecule has 0 atom stereocenters. The predicted molar refractivity (Wildman–Crippen MR) is 454 cm³/mol. The molecule has 2 aliphatic rings. The van der Waals surface area contributed by atoms with Gasteiger partial charge in [-0.1, -0.05) is 66.1 Å². The topological polar surface area (TPSA) is 620 Å². The average Bonchev–Trinajstić information content (AvgIpc) is 0.759. The van der Waals surface area contributed by atoms with Gasteiger partial charge in [-0.3, -0.25) is 43.9 Å². The minimum absolute atomic E-state index is 0. The number of aliphatic imine (C=N–C) groups is 1. The number of Topliss-reactive ketones (excluding diaryl/α,β-unsaturated/α-hetero) is 2. The number of benzene rings is 12. The van der Waals surface area contributed by atoms with E-state index in [0.29, 0.717) is 68.5 Å². The molecule has 0 unspecified atom stereocenters. The zero-order valence-corrected chi connectivity index (χ0v) is 81.6. The van der Waals surface area contributed by atoms with Crippen LogP contribution in [0, 0.1) is 13.8 Å². The van der Waals surface area contributed by atoms with E-state index in [1.807, 2.05) is 0 Å². The number of hydrogen-bond acceptors (Lipinski definition) is 34. The standard InChI is InChI=1S/2C41H32N6O13S3.3Li.3Na/c2*1-22-14-33(36(60-2)21-32(22)44-46-34-19-29(61(51,52)53)16-25-17-30(62(54,55)56)20-35(48)38(25)34)45-47-39-37(63(57,58)59)18-24-15-28(12-13-31(24)40(39)49)42-26-8-10-27(11-9-26)43-41(50)23-6-4-3-5-7-23;;;;;;/h2*3-21,42,45,48H,1-2H3,(H,43,50)(H,51,52,53)(H,54,55,56)(H,57,58,59);;;;;;/q;;6*+1/p-6/b2*46-44?,47-39+;;;;;;. The molecule has 0 fully saturated rings. The third-order valence-corrected chi connectivity index (χ3v) is 23.7. The second-order valence-corrected chi connectivity index (χ2v) is 35.5. The van der Waals surface area contributed by atoms with Gasteiger partial charge in [-0.05, 0) is 222 Å². The minimum atomic E-state index is -5.29. The van der Waals surface area contributed by atoms with Crippen LogP contribution in [-0.4, -0.2) is 127 Å². The van der Waals surface area contributed by atoms with E-state index in [-0.39, 0.29) is 235 Å². The molecule has 0 spiro atoms. The van der Waals surface area contributed by atoms with Crippen molar-refractivity contribution in [3.05, 3.63) is 273 Å². The number of methoxy groups -OCH3 is 2. The van der Waals surface area contributed by atoms with Crippen molar-refractivity contribution >= 4 is 197 Å². The summed E-state index contributed by atoms with van der Waals surface area (Å²) < 4.78 is 221. The summed E-state index contributed by atoms with van der Waals surface area (Å²) in [5.74, 6) is -4.45. The molecule has 0 radical (unpaired) electrons. The fourth-order valence-corrected chi connectivity index (χ4v) is 16.1. The number of azo groups is 2. The predicted octanol–water partition coefficient (Wildman–Crippen LogP) is -5.76. The number of allylic oxidation sites excluding steroid dienone is 2. The molecular formula is C82H58Li3N12Na3O26S6. The van der Waals surface area contributed by atoms with Crippen LogP contribution < -0.4 is 197 Å². The van der Waals surface area contributed by atoms with Crippen molar-refractivity contribution in [3.8, 4) is 23.0 Å². The first-order chi connectivity index (χ1) is 59.4. The Morgan fingerprint density at radius 1 is 0.402 bits per heavy atom. The van der Waals surface area contributed by atoms with Crippen molar-refractivity contribution < 1.29 is 262 Å². The molecule has 0 saturated carbocycles. The summed E-state index contributed by atoms with van der Waals surface area (Å²) in [5.41, 5.74) is 8.07. The van der Waals surface area contributed by atoms with Crippen molar-refractivity contribution in [1.82, 2.24) is 0 Å². The normalized spacial score (nSPS) is 13.3. The van der Waals surface area contributed by atoms with Gasteiger partial charge in [-0.2, -0.15) is 45.7 Å². The van der Waals surface area contributed by atoms with Gasteiger partial charge in [0.15, 0.2) is 5.71 Å². The van der Waals surface area contributed by atoms with Crippen LogP contribution in [0.1, 0.15) is 58.9 Å². The van der Waals surface area contributed by atoms with Gasteiger partial charge in [-0.25, -0.2) is 25.3 Å². The Labute approximate surface area is 855 Å². The van der Waals surface area contributed by atoms with E-state index < -0.39 is 136 Å². The third kappa shape index (κ3) is 26.0. The maximum atomic E-state index is 13.7. The number of hydrazone groups is 2. The van der Waals surface area contributed by atoms with Gasteiger partial charge < -0.3 is 54.4 Å². The van der Waals surface area contributed by atoms with Crippen molar-refractivity contribution in [2.45, 2.75) is 33.4 Å². The molecule has 2 aliphatic carbocycles. The first-order valence-corrected chi connectivity index (χ1v) is 44.4. The number of aryl methyl sites for hydroxylation is 2. The Balaban J connectivity index is 0.000000345. The van der Waals surface area contributed by atoms with E-state index in [1.54, 1.807) is 128 Å². The summed E-state index contributed by atoms with van der Waals surface area (Å²) in [6, 6.07) is 50.7. The Morgan fingerprint density at radius 3 is 1.18 bits per heavy atom. The molecule has 12 aromatic carbocycles. The number of nitrogens with zero attached hydrogens (tertiary/aromatic N) is 7. The zero-order valence-electron chi connectivity index (χ0n) is 70.8. The number of ether oxygens (including phenoxy) is 2. The van der Waals surface area contributed by atoms with Crippen LogP contribution in [0.2, 0.25) is 0 Å². The number of anilines is 7. The monoisotopic (exact) mass is 1910 g/mol. The summed E-state index contributed by atoms with van der Waals surface area (Å²) in [4.78, 5) is 38.9. The Morgan fingerprint density at radius 2 is 0.765 bits per heavy atom. The molecule has 0 aromatic heterocycles. The van der Waals surface area contributed by atoms with E-state index >= 15 is 0 Å². The molecule has 132 heavy (non-hydrogen) atoms. The second kappa shape index (κ2) is 44.5. The number of rotatable bonds is 24. The molecule has 1 amide bonds. The molecule has 38 nitrogen and oxygen atoms in total. The van der Waals surface area contributed by atoms with E-state index in [1.165, 1.54) is 69.7 Å². The minimum Gasteiger partial charge on any atom is -0.872 e. The molecule has 0 heterocycles. The molecule has 50 heteroatoms. The van der Waals surface area contributed by atoms with Crippen molar-refractivity contribution in [1.29, 1.82) is 0 Å². The van der Waals surface area contributed by atoms with E-state index in [9.17, 15) is 108 Å². The maximum Gasteiger partial charge on any atom is 1.00 e. The summed E-state index contributed by atoms with van der Waals surface area (Å²) in [5, 5.41) is 70.2. The Kier molecular flexibility index (Phi) is 36.8. The molecule has 0 bridgehead atoms. The van der Waals surface area contributed by atoms with Crippen LogP contribution in [0.25, 0.3) is 33.7 Å². The van der Waals surface area contributed by atoms with Crippen LogP contribution in [0.5, 0.6) is 23.0 Å². The van der Waals surface area contributed by atoms with E-state index in [2.05, 4.69) is 62.5 Å². The van der Waals surface area contributed by atoms with Crippen LogP contribution in [-0.2, 0) is 60.7 Å². The van der Waals surface area contributed by atoms with Gasteiger partial charge in [0.25, 0.3) is 36.3 Å². The van der Waals surface area contributed by atoms with Gasteiger partial charge >= 0.3 is 145 Å². The van der Waals surface area contributed by atoms with Crippen molar-refractivity contribution in [2.24, 2.45) is 35.7 Å². The van der Waals surface area contributed by atoms with Gasteiger partial charge in [0, 0.05) is 68.0 Å². The number of nitrogens with one attached hydrogen (secondary N) is 5. The number of amides is 1. The number of fused-ring (bicyclic) bond motifs is 4. The summed E-state index contributed by atoms with van der Waals surface area (Å²) >= 11 is 0. The number of ketones is 2. The van der Waals surface area contributed by atoms with Crippen molar-refractivity contribution in [2.75, 3.05) is 41.0 Å². The fourth-order valence-electron chi connectivity index (χ4n) is 12.7. The van der Waals surface area contributed by atoms with Crippen LogP contribution in [0.3, 0.4) is 0 Å². The molecule has 14 rings (SSSR count).